The Morgan fingerprint density at radius 3 is 2.46 bits per heavy atom. The fraction of sp³-hybridized carbons (Fsp3) is 0.345. The van der Waals surface area contributed by atoms with Crippen LogP contribution in [0.25, 0.3) is 5.69 Å². The number of carbonyl (C=O) groups is 1. The van der Waals surface area contributed by atoms with Gasteiger partial charge in [0.25, 0.3) is 0 Å². The lowest BCUT2D eigenvalue weighted by Crippen LogP contribution is -2.25. The van der Waals surface area contributed by atoms with Gasteiger partial charge in [-0.25, -0.2) is 0 Å². The Balaban J connectivity index is 1.42. The number of aryl methyl sites for hydroxylation is 4. The van der Waals surface area contributed by atoms with E-state index in [0.717, 1.165) is 41.7 Å². The Morgan fingerprint density at radius 1 is 0.971 bits per heavy atom. The molecule has 1 N–H and O–H groups in total. The molecular formula is C29H34N4OS. The zero-order valence-electron chi connectivity index (χ0n) is 20.9. The summed E-state index contributed by atoms with van der Waals surface area (Å²) in [5.41, 5.74) is 7.34. The lowest BCUT2D eigenvalue weighted by Gasteiger charge is -2.12. The minimum atomic E-state index is 0.0493. The molecule has 4 rings (SSSR count). The molecule has 1 heterocycles. The summed E-state index contributed by atoms with van der Waals surface area (Å²) in [6, 6.07) is 15.0. The maximum absolute atomic E-state index is 12.5. The number of rotatable bonds is 10. The first kappa shape index (κ1) is 25.0. The largest absolute Gasteiger partial charge is 0.356 e. The first-order valence-corrected chi connectivity index (χ1v) is 13.3. The molecule has 0 unspecified atom stereocenters. The van der Waals surface area contributed by atoms with Crippen molar-refractivity contribution in [2.75, 3.05) is 6.54 Å². The number of nitrogens with zero attached hydrogens (tertiary/aromatic N) is 3. The molecule has 5 nitrogen and oxygen atoms in total. The molecule has 35 heavy (non-hydrogen) atoms. The number of carbonyl (C=O) groups excluding carboxylic acids is 1. The molecule has 0 aliphatic heterocycles. The Hall–Kier alpha value is -3.12. The van der Waals surface area contributed by atoms with Crippen LogP contribution >= 0.6 is 11.8 Å². The van der Waals surface area contributed by atoms with Gasteiger partial charge in [-0.05, 0) is 57.7 Å². The fourth-order valence-electron chi connectivity index (χ4n) is 4.32. The maximum atomic E-state index is 12.5. The van der Waals surface area contributed by atoms with Gasteiger partial charge < -0.3 is 5.32 Å². The lowest BCUT2D eigenvalue weighted by molar-refractivity contribution is -0.121. The molecule has 0 saturated heterocycles. The molecule has 1 amide bonds. The topological polar surface area (TPSA) is 59.8 Å². The van der Waals surface area contributed by atoms with Crippen molar-refractivity contribution in [3.63, 3.8) is 0 Å². The van der Waals surface area contributed by atoms with E-state index in [1.807, 2.05) is 0 Å². The molecule has 0 radical (unpaired) electrons. The van der Waals surface area contributed by atoms with Gasteiger partial charge in [-0.1, -0.05) is 82.6 Å². The Morgan fingerprint density at radius 2 is 1.74 bits per heavy atom. The Kier molecular flexibility index (Phi) is 8.59. The highest BCUT2D eigenvalue weighted by atomic mass is 32.2. The minimum Gasteiger partial charge on any atom is -0.356 e. The third-order valence-corrected chi connectivity index (χ3v) is 7.03. The number of allylic oxidation sites excluding steroid dienone is 3. The van der Waals surface area contributed by atoms with Gasteiger partial charge in [0.05, 0.1) is 0 Å². The summed E-state index contributed by atoms with van der Waals surface area (Å²) >= 11 is 1.68. The average Bonchev–Trinajstić information content (AvgIpc) is 3.25. The van der Waals surface area contributed by atoms with E-state index in [1.54, 1.807) is 11.8 Å². The first-order valence-electron chi connectivity index (χ1n) is 12.3. The van der Waals surface area contributed by atoms with E-state index >= 15 is 0 Å². The average molecular weight is 487 g/mol. The van der Waals surface area contributed by atoms with Crippen LogP contribution in [0, 0.1) is 20.8 Å². The van der Waals surface area contributed by atoms with Crippen molar-refractivity contribution in [2.45, 2.75) is 63.8 Å². The quantitative estimate of drug-likeness (QED) is 0.347. The van der Waals surface area contributed by atoms with Crippen LogP contribution in [0.1, 0.15) is 53.8 Å². The van der Waals surface area contributed by atoms with Gasteiger partial charge >= 0.3 is 0 Å². The third kappa shape index (κ3) is 7.18. The van der Waals surface area contributed by atoms with Gasteiger partial charge in [0.1, 0.15) is 5.82 Å². The van der Waals surface area contributed by atoms with Crippen LogP contribution in [0.15, 0.2) is 71.4 Å². The summed E-state index contributed by atoms with van der Waals surface area (Å²) in [6.45, 7) is 7.00. The summed E-state index contributed by atoms with van der Waals surface area (Å²) in [4.78, 5) is 12.5. The van der Waals surface area contributed by atoms with Crippen LogP contribution in [0.2, 0.25) is 0 Å². The van der Waals surface area contributed by atoms with Crippen LogP contribution in [-0.2, 0) is 17.0 Å². The number of aromatic nitrogens is 3. The van der Waals surface area contributed by atoms with E-state index < -0.39 is 0 Å². The van der Waals surface area contributed by atoms with E-state index in [0.29, 0.717) is 19.4 Å². The number of hydrogen-bond donors (Lipinski definition) is 1. The molecule has 1 aliphatic rings. The maximum Gasteiger partial charge on any atom is 0.220 e. The summed E-state index contributed by atoms with van der Waals surface area (Å²) < 4.78 is 2.09. The molecular weight excluding hydrogens is 452 g/mol. The van der Waals surface area contributed by atoms with Crippen molar-refractivity contribution in [1.82, 2.24) is 20.1 Å². The Labute approximate surface area is 212 Å². The summed E-state index contributed by atoms with van der Waals surface area (Å²) in [7, 11) is 0. The fourth-order valence-corrected chi connectivity index (χ4v) is 5.22. The molecule has 2 aromatic carbocycles. The highest BCUT2D eigenvalue weighted by molar-refractivity contribution is 7.98. The summed E-state index contributed by atoms with van der Waals surface area (Å²) in [5, 5.41) is 12.9. The smallest absolute Gasteiger partial charge is 0.220 e. The van der Waals surface area contributed by atoms with Gasteiger partial charge in [0, 0.05) is 30.8 Å². The molecule has 0 bridgehead atoms. The van der Waals surface area contributed by atoms with Crippen LogP contribution in [-0.4, -0.2) is 27.2 Å². The third-order valence-electron chi connectivity index (χ3n) is 6.03. The number of nitrogens with one attached hydrogen (secondary N) is 1. The van der Waals surface area contributed by atoms with E-state index in [1.165, 1.54) is 27.8 Å². The SMILES string of the molecule is Cc1ccc(-n2c(CCC(=O)NCCC3=CCCC=C3)nnc2SCc2cc(C)cc(C)c2)cc1. The number of thioether (sulfide) groups is 1. The van der Waals surface area contributed by atoms with Crippen LogP contribution < -0.4 is 5.32 Å². The van der Waals surface area contributed by atoms with Gasteiger partial charge in [0.15, 0.2) is 5.16 Å². The Bertz CT molecular complexity index is 1200. The van der Waals surface area contributed by atoms with E-state index in [2.05, 4.69) is 102 Å². The van der Waals surface area contributed by atoms with Gasteiger partial charge in [0.2, 0.25) is 5.91 Å². The van der Waals surface area contributed by atoms with E-state index in [9.17, 15) is 4.79 Å². The molecule has 182 valence electrons. The second kappa shape index (κ2) is 12.0. The molecule has 6 heteroatoms. The predicted octanol–water partition coefficient (Wildman–Crippen LogP) is 6.20. The summed E-state index contributed by atoms with van der Waals surface area (Å²) in [5.74, 6) is 1.68. The number of hydrogen-bond acceptors (Lipinski definition) is 4. The predicted molar refractivity (Wildman–Crippen MR) is 144 cm³/mol. The van der Waals surface area contributed by atoms with Gasteiger partial charge in [-0.15, -0.1) is 10.2 Å². The van der Waals surface area contributed by atoms with Crippen LogP contribution in [0.4, 0.5) is 0 Å². The van der Waals surface area contributed by atoms with Crippen molar-refractivity contribution < 1.29 is 4.79 Å². The molecule has 1 aliphatic carbocycles. The highest BCUT2D eigenvalue weighted by Gasteiger charge is 2.16. The van der Waals surface area contributed by atoms with Gasteiger partial charge in [-0.3, -0.25) is 9.36 Å². The first-order chi connectivity index (χ1) is 17.0. The van der Waals surface area contributed by atoms with Crippen LogP contribution in [0.3, 0.4) is 0 Å². The van der Waals surface area contributed by atoms with Crippen molar-refractivity contribution in [2.24, 2.45) is 0 Å². The van der Waals surface area contributed by atoms with Gasteiger partial charge in [-0.2, -0.15) is 0 Å². The zero-order chi connectivity index (χ0) is 24.6. The molecule has 1 aromatic heterocycles. The monoisotopic (exact) mass is 486 g/mol. The van der Waals surface area contributed by atoms with E-state index in [-0.39, 0.29) is 5.91 Å². The van der Waals surface area contributed by atoms with Crippen molar-refractivity contribution in [3.8, 4) is 5.69 Å². The summed E-state index contributed by atoms with van der Waals surface area (Å²) in [6.07, 6.45) is 10.6. The molecule has 0 spiro atoms. The normalized spacial score (nSPS) is 13.1. The second-order valence-corrected chi connectivity index (χ2v) is 10.2. The minimum absolute atomic E-state index is 0.0493. The molecule has 0 fully saturated rings. The second-order valence-electron chi connectivity index (χ2n) is 9.21. The number of benzene rings is 2. The molecule has 0 saturated carbocycles. The van der Waals surface area contributed by atoms with Crippen molar-refractivity contribution in [3.05, 3.63) is 94.3 Å². The molecule has 3 aromatic rings. The highest BCUT2D eigenvalue weighted by Crippen LogP contribution is 2.27. The standard InChI is InChI=1S/C29H34N4OS/c1-21-9-11-26(12-10-21)33-27(13-14-28(34)30-16-15-24-7-5-4-6-8-24)31-32-29(33)35-20-25-18-22(2)17-23(3)19-25/h5,7-12,17-19H,4,6,13-16,20H2,1-3H3,(H,30,34). The van der Waals surface area contributed by atoms with Crippen LogP contribution in [0.5, 0.6) is 0 Å². The molecule has 0 atom stereocenters. The van der Waals surface area contributed by atoms with E-state index in [4.69, 9.17) is 0 Å². The van der Waals surface area contributed by atoms with Crippen molar-refractivity contribution >= 4 is 17.7 Å². The lowest BCUT2D eigenvalue weighted by atomic mass is 10.0. The van der Waals surface area contributed by atoms with Crippen molar-refractivity contribution in [1.29, 1.82) is 0 Å². The number of amides is 1. The zero-order valence-corrected chi connectivity index (χ0v) is 21.7.